The van der Waals surface area contributed by atoms with Gasteiger partial charge in [0, 0.05) is 10.0 Å². The zero-order chi connectivity index (χ0) is 13.1. The Balaban J connectivity index is 2.48. The molecule has 2 aromatic rings. The van der Waals surface area contributed by atoms with Crippen molar-refractivity contribution < 1.29 is 8.78 Å². The van der Waals surface area contributed by atoms with Gasteiger partial charge in [0.1, 0.15) is 11.6 Å². The lowest BCUT2D eigenvalue weighted by molar-refractivity contribution is 0.510. The molecule has 2 nitrogen and oxygen atoms in total. The molecule has 0 saturated heterocycles. The molecule has 3 N–H and O–H groups in total. The van der Waals surface area contributed by atoms with E-state index in [-0.39, 0.29) is 5.56 Å². The summed E-state index contributed by atoms with van der Waals surface area (Å²) in [7, 11) is 0. The Morgan fingerprint density at radius 3 is 2.06 bits per heavy atom. The first-order valence-corrected chi connectivity index (χ1v) is 6.08. The molecule has 1 atom stereocenters. The molecule has 0 aliphatic carbocycles. The first kappa shape index (κ1) is 13.1. The van der Waals surface area contributed by atoms with Gasteiger partial charge >= 0.3 is 0 Å². The minimum absolute atomic E-state index is 0.0812. The van der Waals surface area contributed by atoms with Gasteiger partial charge in [-0.2, -0.15) is 0 Å². The average Bonchev–Trinajstić information content (AvgIpc) is 2.35. The minimum atomic E-state index is -0.723. The second kappa shape index (κ2) is 5.56. The fourth-order valence-corrected chi connectivity index (χ4v) is 2.05. The van der Waals surface area contributed by atoms with Crippen LogP contribution < -0.4 is 11.3 Å². The maximum Gasteiger partial charge on any atom is 0.131 e. The second-order valence-corrected chi connectivity index (χ2v) is 4.70. The Morgan fingerprint density at radius 2 is 1.56 bits per heavy atom. The molecule has 0 amide bonds. The molecule has 0 radical (unpaired) electrons. The van der Waals surface area contributed by atoms with Gasteiger partial charge in [0.25, 0.3) is 0 Å². The predicted molar refractivity (Wildman–Crippen MR) is 69.7 cm³/mol. The monoisotopic (exact) mass is 312 g/mol. The quantitative estimate of drug-likeness (QED) is 0.674. The van der Waals surface area contributed by atoms with Crippen LogP contribution in [0.5, 0.6) is 0 Å². The van der Waals surface area contributed by atoms with Gasteiger partial charge in [-0.05, 0) is 29.8 Å². The van der Waals surface area contributed by atoms with Crippen LogP contribution in [-0.4, -0.2) is 0 Å². The van der Waals surface area contributed by atoms with Crippen LogP contribution in [0.2, 0.25) is 0 Å². The number of halogens is 3. The van der Waals surface area contributed by atoms with E-state index in [1.165, 1.54) is 18.2 Å². The van der Waals surface area contributed by atoms with E-state index in [0.717, 1.165) is 4.47 Å². The van der Waals surface area contributed by atoms with Crippen LogP contribution >= 0.6 is 15.9 Å². The zero-order valence-electron chi connectivity index (χ0n) is 9.33. The summed E-state index contributed by atoms with van der Waals surface area (Å²) in [6, 6.07) is 10.1. The van der Waals surface area contributed by atoms with Crippen molar-refractivity contribution in [3.8, 4) is 0 Å². The molecule has 94 valence electrons. The van der Waals surface area contributed by atoms with E-state index in [1.54, 1.807) is 24.3 Å². The van der Waals surface area contributed by atoms with E-state index in [4.69, 9.17) is 5.84 Å². The van der Waals surface area contributed by atoms with Crippen LogP contribution in [0.1, 0.15) is 17.2 Å². The summed E-state index contributed by atoms with van der Waals surface area (Å²) >= 11 is 3.30. The van der Waals surface area contributed by atoms with Gasteiger partial charge in [-0.1, -0.05) is 34.1 Å². The number of nitrogens with one attached hydrogen (secondary N) is 1. The molecule has 0 aliphatic heterocycles. The van der Waals surface area contributed by atoms with E-state index in [0.29, 0.717) is 5.56 Å². The van der Waals surface area contributed by atoms with Crippen LogP contribution in [0.4, 0.5) is 8.78 Å². The normalized spacial score (nSPS) is 12.4. The van der Waals surface area contributed by atoms with Gasteiger partial charge in [-0.25, -0.2) is 14.2 Å². The SMILES string of the molecule is NNC(c1ccc(Br)cc1)c1c(F)cccc1F. The van der Waals surface area contributed by atoms with E-state index >= 15 is 0 Å². The van der Waals surface area contributed by atoms with Gasteiger partial charge in [0.15, 0.2) is 0 Å². The Labute approximate surface area is 112 Å². The van der Waals surface area contributed by atoms with Crippen molar-refractivity contribution >= 4 is 15.9 Å². The number of hydrogen-bond donors (Lipinski definition) is 2. The average molecular weight is 313 g/mol. The lowest BCUT2D eigenvalue weighted by Gasteiger charge is -2.18. The van der Waals surface area contributed by atoms with Crippen LogP contribution in [0.25, 0.3) is 0 Å². The van der Waals surface area contributed by atoms with E-state index in [9.17, 15) is 8.78 Å². The highest BCUT2D eigenvalue weighted by Crippen LogP contribution is 2.27. The maximum atomic E-state index is 13.7. The van der Waals surface area contributed by atoms with Crippen LogP contribution in [0, 0.1) is 11.6 Å². The highest BCUT2D eigenvalue weighted by atomic mass is 79.9. The van der Waals surface area contributed by atoms with E-state index in [2.05, 4.69) is 21.4 Å². The standard InChI is InChI=1S/C13H11BrF2N2/c14-9-6-4-8(5-7-9)13(18-17)12-10(15)2-1-3-11(12)16/h1-7,13,18H,17H2. The summed E-state index contributed by atoms with van der Waals surface area (Å²) in [4.78, 5) is 0. The summed E-state index contributed by atoms with van der Waals surface area (Å²) in [6.45, 7) is 0. The minimum Gasteiger partial charge on any atom is -0.271 e. The number of hydrazine groups is 1. The molecule has 1 unspecified atom stereocenters. The molecule has 18 heavy (non-hydrogen) atoms. The summed E-state index contributed by atoms with van der Waals surface area (Å²) in [6.07, 6.45) is 0. The Hall–Kier alpha value is -1.30. The summed E-state index contributed by atoms with van der Waals surface area (Å²) in [5, 5.41) is 0. The Bertz CT molecular complexity index is 523. The third-order valence-electron chi connectivity index (χ3n) is 2.66. The lowest BCUT2D eigenvalue weighted by Crippen LogP contribution is -2.30. The molecule has 0 aliphatic rings. The van der Waals surface area contributed by atoms with Gasteiger partial charge in [-0.3, -0.25) is 5.84 Å². The molecule has 0 fully saturated rings. The summed E-state index contributed by atoms with van der Waals surface area (Å²) < 4.78 is 28.3. The van der Waals surface area contributed by atoms with Gasteiger partial charge in [0.2, 0.25) is 0 Å². The predicted octanol–water partition coefficient (Wildman–Crippen LogP) is 3.28. The summed E-state index contributed by atoms with van der Waals surface area (Å²) in [5.41, 5.74) is 3.04. The molecule has 2 aromatic carbocycles. The topological polar surface area (TPSA) is 38.0 Å². The van der Waals surface area contributed by atoms with Gasteiger partial charge < -0.3 is 0 Å². The third-order valence-corrected chi connectivity index (χ3v) is 3.19. The Kier molecular flexibility index (Phi) is 4.06. The summed E-state index contributed by atoms with van der Waals surface area (Å²) in [5.74, 6) is 4.17. The smallest absolute Gasteiger partial charge is 0.131 e. The zero-order valence-corrected chi connectivity index (χ0v) is 10.9. The van der Waals surface area contributed by atoms with Gasteiger partial charge in [0.05, 0.1) is 6.04 Å². The van der Waals surface area contributed by atoms with Crippen molar-refractivity contribution in [3.63, 3.8) is 0 Å². The molecule has 0 bridgehead atoms. The molecule has 5 heteroatoms. The molecule has 0 heterocycles. The van der Waals surface area contributed by atoms with Gasteiger partial charge in [-0.15, -0.1) is 0 Å². The first-order valence-electron chi connectivity index (χ1n) is 5.29. The van der Waals surface area contributed by atoms with Crippen molar-refractivity contribution in [2.45, 2.75) is 6.04 Å². The fraction of sp³-hybridized carbons (Fsp3) is 0.0769. The molecule has 0 spiro atoms. The van der Waals surface area contributed by atoms with Crippen molar-refractivity contribution in [2.75, 3.05) is 0 Å². The van der Waals surface area contributed by atoms with E-state index < -0.39 is 17.7 Å². The number of benzene rings is 2. The second-order valence-electron chi connectivity index (χ2n) is 3.79. The van der Waals surface area contributed by atoms with E-state index in [1.807, 2.05) is 0 Å². The van der Waals surface area contributed by atoms with Crippen molar-refractivity contribution in [2.24, 2.45) is 5.84 Å². The number of rotatable bonds is 3. The van der Waals surface area contributed by atoms with Crippen molar-refractivity contribution in [1.82, 2.24) is 5.43 Å². The van der Waals surface area contributed by atoms with Crippen molar-refractivity contribution in [1.29, 1.82) is 0 Å². The maximum absolute atomic E-state index is 13.7. The van der Waals surface area contributed by atoms with Crippen LogP contribution in [-0.2, 0) is 0 Å². The van der Waals surface area contributed by atoms with Crippen LogP contribution in [0.15, 0.2) is 46.9 Å². The number of nitrogens with two attached hydrogens (primary N) is 1. The molecular weight excluding hydrogens is 302 g/mol. The molecule has 0 saturated carbocycles. The third kappa shape index (κ3) is 2.58. The first-order chi connectivity index (χ1) is 8.63. The fourth-order valence-electron chi connectivity index (χ4n) is 1.79. The molecular formula is C13H11BrF2N2. The van der Waals surface area contributed by atoms with Crippen molar-refractivity contribution in [3.05, 3.63) is 69.7 Å². The Morgan fingerprint density at radius 1 is 1.00 bits per heavy atom. The number of hydrogen-bond acceptors (Lipinski definition) is 2. The highest BCUT2D eigenvalue weighted by Gasteiger charge is 2.20. The highest BCUT2D eigenvalue weighted by molar-refractivity contribution is 9.10. The lowest BCUT2D eigenvalue weighted by atomic mass is 9.98. The molecule has 0 aromatic heterocycles. The van der Waals surface area contributed by atoms with Crippen LogP contribution in [0.3, 0.4) is 0 Å². The molecule has 2 rings (SSSR count). The largest absolute Gasteiger partial charge is 0.271 e.